The van der Waals surface area contributed by atoms with Gasteiger partial charge in [-0.15, -0.1) is 13.2 Å². The van der Waals surface area contributed by atoms with Gasteiger partial charge in [-0.3, -0.25) is 4.79 Å². The normalized spacial score (nSPS) is 10.3. The Labute approximate surface area is 119 Å². The van der Waals surface area contributed by atoms with Crippen molar-refractivity contribution in [1.29, 1.82) is 0 Å². The van der Waals surface area contributed by atoms with Crippen LogP contribution in [0.1, 0.15) is 72.1 Å². The molecule has 0 fully saturated rings. The van der Waals surface area contributed by atoms with E-state index in [1.165, 1.54) is 44.9 Å². The zero-order valence-electron chi connectivity index (χ0n) is 13.0. The number of rotatable bonds is 9. The first kappa shape index (κ1) is 23.0. The van der Waals surface area contributed by atoms with Gasteiger partial charge >= 0.3 is 0 Å². The number of carbonyl (C=O) groups excluding carboxylic acids is 1. The van der Waals surface area contributed by atoms with Gasteiger partial charge in [-0.05, 0) is 6.42 Å². The average Bonchev–Trinajstić information content (AvgIpc) is 2.39. The largest absolute Gasteiger partial charge is 0.481 e. The summed E-state index contributed by atoms with van der Waals surface area (Å²) in [5.41, 5.74) is 0. The van der Waals surface area contributed by atoms with Crippen LogP contribution in [0.5, 0.6) is 0 Å². The summed E-state index contributed by atoms with van der Waals surface area (Å²) in [5.74, 6) is -0.560. The van der Waals surface area contributed by atoms with Crippen LogP contribution in [0.25, 0.3) is 0 Å². The minimum Gasteiger partial charge on any atom is -0.481 e. The third-order valence-electron chi connectivity index (χ3n) is 2.50. The van der Waals surface area contributed by atoms with Crippen molar-refractivity contribution in [2.45, 2.75) is 72.1 Å². The highest BCUT2D eigenvalue weighted by atomic mass is 16.4. The number of carboxylic acid groups (broad SMARTS) is 1. The van der Waals surface area contributed by atoms with Crippen LogP contribution >= 0.6 is 0 Å². The van der Waals surface area contributed by atoms with Crippen LogP contribution in [0.15, 0.2) is 13.2 Å². The van der Waals surface area contributed by atoms with E-state index >= 15 is 0 Å². The Hall–Kier alpha value is -1.12. The van der Waals surface area contributed by atoms with Gasteiger partial charge in [-0.25, -0.2) is 0 Å². The lowest BCUT2D eigenvalue weighted by Crippen LogP contribution is -1.94. The predicted molar refractivity (Wildman–Crippen MR) is 82.4 cm³/mol. The fraction of sp³-hybridized carbons (Fsp3) is 0.750. The van der Waals surface area contributed by atoms with E-state index in [0.717, 1.165) is 19.6 Å². The van der Waals surface area contributed by atoms with E-state index in [9.17, 15) is 4.79 Å². The van der Waals surface area contributed by atoms with Crippen LogP contribution < -0.4 is 0 Å². The van der Waals surface area contributed by atoms with Crippen LogP contribution in [-0.4, -0.2) is 17.4 Å². The topological polar surface area (TPSA) is 54.4 Å². The van der Waals surface area contributed by atoms with E-state index in [0.29, 0.717) is 0 Å². The minimum atomic E-state index is -0.833. The van der Waals surface area contributed by atoms with Gasteiger partial charge in [-0.2, -0.15) is 0 Å². The predicted octanol–water partition coefficient (Wildman–Crippen LogP) is 4.86. The Morgan fingerprint density at radius 2 is 1.47 bits per heavy atom. The van der Waals surface area contributed by atoms with Crippen molar-refractivity contribution in [2.24, 2.45) is 5.92 Å². The molecule has 0 bridgehead atoms. The SMILES string of the molecule is C=C.CC(=O)O.CCCCCCCCCC(C)C=O. The molecule has 0 aromatic heterocycles. The molecule has 3 heteroatoms. The van der Waals surface area contributed by atoms with Gasteiger partial charge in [0, 0.05) is 12.8 Å². The van der Waals surface area contributed by atoms with Crippen LogP contribution in [0.3, 0.4) is 0 Å². The van der Waals surface area contributed by atoms with Crippen molar-refractivity contribution in [1.82, 2.24) is 0 Å². The molecule has 0 heterocycles. The molecule has 1 unspecified atom stereocenters. The van der Waals surface area contributed by atoms with Crippen molar-refractivity contribution in [3.8, 4) is 0 Å². The molecule has 1 atom stereocenters. The smallest absolute Gasteiger partial charge is 0.300 e. The first-order valence-corrected chi connectivity index (χ1v) is 7.19. The molecule has 0 rings (SSSR count). The zero-order valence-corrected chi connectivity index (χ0v) is 13.0. The molecular formula is C16H32O3. The summed E-state index contributed by atoms with van der Waals surface area (Å²) in [7, 11) is 0. The summed E-state index contributed by atoms with van der Waals surface area (Å²) in [6.07, 6.45) is 11.5. The molecular weight excluding hydrogens is 240 g/mol. The number of aldehydes is 1. The summed E-state index contributed by atoms with van der Waals surface area (Å²) in [4.78, 5) is 19.3. The molecule has 3 nitrogen and oxygen atoms in total. The maximum atomic E-state index is 10.3. The Balaban J connectivity index is -0.000000361. The highest BCUT2D eigenvalue weighted by Gasteiger charge is 1.98. The zero-order chi connectivity index (χ0) is 15.5. The highest BCUT2D eigenvalue weighted by molar-refractivity contribution is 5.62. The van der Waals surface area contributed by atoms with Gasteiger partial charge in [-0.1, -0.05) is 58.8 Å². The van der Waals surface area contributed by atoms with Crippen LogP contribution in [0.4, 0.5) is 0 Å². The van der Waals surface area contributed by atoms with E-state index in [1.807, 2.05) is 6.92 Å². The van der Waals surface area contributed by atoms with E-state index in [1.54, 1.807) is 0 Å². The molecule has 0 radical (unpaired) electrons. The lowest BCUT2D eigenvalue weighted by molar-refractivity contribution is -0.134. The van der Waals surface area contributed by atoms with Gasteiger partial charge in [0.15, 0.2) is 0 Å². The van der Waals surface area contributed by atoms with Crippen molar-refractivity contribution in [3.05, 3.63) is 13.2 Å². The molecule has 0 aliphatic rings. The third-order valence-corrected chi connectivity index (χ3v) is 2.50. The molecule has 114 valence electrons. The number of unbranched alkanes of at least 4 members (excludes halogenated alkanes) is 6. The van der Waals surface area contributed by atoms with E-state index in [4.69, 9.17) is 9.90 Å². The Morgan fingerprint density at radius 1 is 1.11 bits per heavy atom. The fourth-order valence-electron chi connectivity index (χ4n) is 1.49. The summed E-state index contributed by atoms with van der Waals surface area (Å²) < 4.78 is 0. The van der Waals surface area contributed by atoms with Gasteiger partial charge < -0.3 is 9.90 Å². The molecule has 0 saturated heterocycles. The van der Waals surface area contributed by atoms with Crippen molar-refractivity contribution < 1.29 is 14.7 Å². The second kappa shape index (κ2) is 22.1. The quantitative estimate of drug-likeness (QED) is 0.370. The standard InChI is InChI=1S/C12H24O.C2H4O2.C2H4/c1-3-4-5-6-7-8-9-10-12(2)11-13;1-2(3)4;1-2/h11-12H,3-10H2,1-2H3;1H3,(H,3,4);1-2H2. The summed E-state index contributed by atoms with van der Waals surface area (Å²) in [6, 6.07) is 0. The molecule has 0 amide bonds. The Kier molecular flexibility index (Phi) is 26.8. The van der Waals surface area contributed by atoms with Crippen molar-refractivity contribution in [3.63, 3.8) is 0 Å². The fourth-order valence-corrected chi connectivity index (χ4v) is 1.49. The highest BCUT2D eigenvalue weighted by Crippen LogP contribution is 2.11. The first-order chi connectivity index (χ1) is 9.04. The third kappa shape index (κ3) is 38.3. The number of hydrogen-bond acceptors (Lipinski definition) is 2. The maximum absolute atomic E-state index is 10.3. The van der Waals surface area contributed by atoms with Gasteiger partial charge in [0.1, 0.15) is 6.29 Å². The Bertz CT molecular complexity index is 186. The Morgan fingerprint density at radius 3 is 1.84 bits per heavy atom. The molecule has 0 spiro atoms. The number of hydrogen-bond donors (Lipinski definition) is 1. The summed E-state index contributed by atoms with van der Waals surface area (Å²) >= 11 is 0. The first-order valence-electron chi connectivity index (χ1n) is 7.19. The number of carbonyl (C=O) groups is 2. The molecule has 19 heavy (non-hydrogen) atoms. The number of aliphatic carboxylic acids is 1. The van der Waals surface area contributed by atoms with Crippen molar-refractivity contribution >= 4 is 12.3 Å². The molecule has 0 aromatic rings. The monoisotopic (exact) mass is 272 g/mol. The van der Waals surface area contributed by atoms with Crippen LogP contribution in [0.2, 0.25) is 0 Å². The molecule has 1 N–H and O–H groups in total. The lowest BCUT2D eigenvalue weighted by Gasteiger charge is -2.02. The second-order valence-corrected chi connectivity index (χ2v) is 4.54. The second-order valence-electron chi connectivity index (χ2n) is 4.54. The van der Waals surface area contributed by atoms with E-state index in [-0.39, 0.29) is 5.92 Å². The molecule has 0 aromatic carbocycles. The van der Waals surface area contributed by atoms with E-state index < -0.39 is 5.97 Å². The van der Waals surface area contributed by atoms with Gasteiger partial charge in [0.05, 0.1) is 0 Å². The maximum Gasteiger partial charge on any atom is 0.300 e. The van der Waals surface area contributed by atoms with Crippen LogP contribution in [-0.2, 0) is 9.59 Å². The average molecular weight is 272 g/mol. The van der Waals surface area contributed by atoms with Crippen molar-refractivity contribution in [2.75, 3.05) is 0 Å². The van der Waals surface area contributed by atoms with Crippen LogP contribution in [0, 0.1) is 5.92 Å². The molecule has 0 saturated carbocycles. The summed E-state index contributed by atoms with van der Waals surface area (Å²) in [6.45, 7) is 11.3. The van der Waals surface area contributed by atoms with E-state index in [2.05, 4.69) is 20.1 Å². The molecule has 0 aliphatic carbocycles. The summed E-state index contributed by atoms with van der Waals surface area (Å²) in [5, 5.41) is 7.42. The molecule has 0 aliphatic heterocycles. The van der Waals surface area contributed by atoms with Gasteiger partial charge in [0.2, 0.25) is 0 Å². The lowest BCUT2D eigenvalue weighted by atomic mass is 10.0. The van der Waals surface area contributed by atoms with Gasteiger partial charge in [0.25, 0.3) is 5.97 Å². The minimum absolute atomic E-state index is 0.274. The number of carboxylic acids is 1.